The van der Waals surface area contributed by atoms with Crippen molar-refractivity contribution < 1.29 is 9.53 Å². The third-order valence-electron chi connectivity index (χ3n) is 5.13. The Hall–Kier alpha value is -1.92. The van der Waals surface area contributed by atoms with Crippen LogP contribution < -0.4 is 0 Å². The zero-order chi connectivity index (χ0) is 16.5. The summed E-state index contributed by atoms with van der Waals surface area (Å²) < 4.78 is 5.07. The van der Waals surface area contributed by atoms with E-state index in [2.05, 4.69) is 16.0 Å². The Morgan fingerprint density at radius 1 is 1.29 bits per heavy atom. The van der Waals surface area contributed by atoms with Gasteiger partial charge in [-0.1, -0.05) is 12.1 Å². The summed E-state index contributed by atoms with van der Waals surface area (Å²) in [6.45, 7) is 5.27. The topological polar surface area (TPSA) is 61.5 Å². The lowest BCUT2D eigenvalue weighted by molar-refractivity contribution is -0.128. The van der Waals surface area contributed by atoms with Crippen LogP contribution in [0.1, 0.15) is 18.2 Å². The van der Waals surface area contributed by atoms with Gasteiger partial charge in [0.1, 0.15) is 5.82 Å². The number of aromatic amines is 1. The normalized spacial score (nSPS) is 22.5. The summed E-state index contributed by atoms with van der Waals surface area (Å²) in [5.74, 6) is 2.30. The van der Waals surface area contributed by atoms with Gasteiger partial charge in [-0.2, -0.15) is 0 Å². The Morgan fingerprint density at radius 2 is 2.12 bits per heavy atom. The number of nitrogens with zero attached hydrogens (tertiary/aromatic N) is 3. The third-order valence-corrected chi connectivity index (χ3v) is 5.13. The Bertz CT molecular complexity index is 690. The van der Waals surface area contributed by atoms with Crippen molar-refractivity contribution in [2.45, 2.75) is 12.3 Å². The molecule has 0 saturated carbocycles. The van der Waals surface area contributed by atoms with Gasteiger partial charge in [-0.25, -0.2) is 4.98 Å². The van der Waals surface area contributed by atoms with Gasteiger partial charge >= 0.3 is 0 Å². The maximum atomic E-state index is 12.0. The van der Waals surface area contributed by atoms with Gasteiger partial charge in [-0.15, -0.1) is 0 Å². The lowest BCUT2D eigenvalue weighted by atomic mass is 9.97. The number of hydrogen-bond acceptors (Lipinski definition) is 4. The first kappa shape index (κ1) is 15.6. The molecule has 24 heavy (non-hydrogen) atoms. The molecule has 2 aromatic rings. The standard InChI is InChI=1S/C18H24N4O2/c1-24-7-6-22-10-13(8-17(22)23)9-21-11-14(12-21)18-19-15-4-2-3-5-16(15)20-18/h2-5,13-14H,6-12H2,1H3,(H,19,20)/t13-/m0/s1. The minimum absolute atomic E-state index is 0.270. The molecule has 0 radical (unpaired) electrons. The molecule has 0 aliphatic carbocycles. The molecular formula is C18H24N4O2. The van der Waals surface area contributed by atoms with Gasteiger partial charge < -0.3 is 19.5 Å². The van der Waals surface area contributed by atoms with E-state index in [-0.39, 0.29) is 5.91 Å². The minimum atomic E-state index is 0.270. The summed E-state index contributed by atoms with van der Waals surface area (Å²) >= 11 is 0. The second-order valence-electron chi connectivity index (χ2n) is 6.96. The Kier molecular flexibility index (Phi) is 4.24. The molecule has 6 nitrogen and oxygen atoms in total. The number of fused-ring (bicyclic) bond motifs is 1. The number of amides is 1. The van der Waals surface area contributed by atoms with Gasteiger partial charge in [0.15, 0.2) is 0 Å². The number of rotatable bonds is 6. The molecule has 6 heteroatoms. The predicted octanol–water partition coefficient (Wildman–Crippen LogP) is 1.46. The summed E-state index contributed by atoms with van der Waals surface area (Å²) in [5, 5.41) is 0. The van der Waals surface area contributed by atoms with E-state index in [1.54, 1.807) is 7.11 Å². The van der Waals surface area contributed by atoms with Crippen LogP contribution in [-0.2, 0) is 9.53 Å². The lowest BCUT2D eigenvalue weighted by Crippen LogP contribution is -2.47. The van der Waals surface area contributed by atoms with Gasteiger partial charge in [0, 0.05) is 52.2 Å². The van der Waals surface area contributed by atoms with Crippen molar-refractivity contribution >= 4 is 16.9 Å². The smallest absolute Gasteiger partial charge is 0.223 e. The predicted molar refractivity (Wildman–Crippen MR) is 91.8 cm³/mol. The molecule has 1 aromatic carbocycles. The van der Waals surface area contributed by atoms with Crippen molar-refractivity contribution in [3.63, 3.8) is 0 Å². The van der Waals surface area contributed by atoms with Crippen LogP contribution in [0.25, 0.3) is 11.0 Å². The lowest BCUT2D eigenvalue weighted by Gasteiger charge is -2.39. The molecule has 2 aliphatic rings. The molecule has 2 saturated heterocycles. The number of nitrogens with one attached hydrogen (secondary N) is 1. The van der Waals surface area contributed by atoms with Crippen molar-refractivity contribution in [1.82, 2.24) is 19.8 Å². The van der Waals surface area contributed by atoms with Crippen LogP contribution in [0, 0.1) is 5.92 Å². The Balaban J connectivity index is 1.28. The van der Waals surface area contributed by atoms with E-state index in [4.69, 9.17) is 9.72 Å². The summed E-state index contributed by atoms with van der Waals surface area (Å²) in [6.07, 6.45) is 0.676. The molecule has 4 rings (SSSR count). The molecule has 0 bridgehead atoms. The minimum Gasteiger partial charge on any atom is -0.383 e. The zero-order valence-corrected chi connectivity index (χ0v) is 14.1. The van der Waals surface area contributed by atoms with E-state index in [1.165, 1.54) is 0 Å². The number of hydrogen-bond donors (Lipinski definition) is 1. The quantitative estimate of drug-likeness (QED) is 0.872. The highest BCUT2D eigenvalue weighted by Crippen LogP contribution is 2.29. The molecule has 1 aromatic heterocycles. The fourth-order valence-electron chi connectivity index (χ4n) is 3.82. The molecular weight excluding hydrogens is 304 g/mol. The molecule has 2 aliphatic heterocycles. The third kappa shape index (κ3) is 3.03. The van der Waals surface area contributed by atoms with E-state index < -0.39 is 0 Å². The SMILES string of the molecule is COCCN1C[C@H](CN2CC(c3nc4ccccc4[nH]3)C2)CC1=O. The average Bonchev–Trinajstić information content (AvgIpc) is 3.11. The maximum Gasteiger partial charge on any atom is 0.223 e. The summed E-state index contributed by atoms with van der Waals surface area (Å²) in [5.41, 5.74) is 2.15. The van der Waals surface area contributed by atoms with Gasteiger partial charge in [-0.05, 0) is 18.1 Å². The van der Waals surface area contributed by atoms with Crippen molar-refractivity contribution in [1.29, 1.82) is 0 Å². The maximum absolute atomic E-state index is 12.0. The first-order chi connectivity index (χ1) is 11.7. The number of imidazole rings is 1. The number of benzene rings is 1. The zero-order valence-electron chi connectivity index (χ0n) is 14.1. The highest BCUT2D eigenvalue weighted by Gasteiger charge is 2.35. The fraction of sp³-hybridized carbons (Fsp3) is 0.556. The highest BCUT2D eigenvalue weighted by atomic mass is 16.5. The highest BCUT2D eigenvalue weighted by molar-refractivity contribution is 5.78. The number of carbonyl (C=O) groups excluding carboxylic acids is 1. The van der Waals surface area contributed by atoms with Crippen LogP contribution in [0.3, 0.4) is 0 Å². The second-order valence-corrected chi connectivity index (χ2v) is 6.96. The fourth-order valence-corrected chi connectivity index (χ4v) is 3.82. The van der Waals surface area contributed by atoms with Crippen LogP contribution in [0.4, 0.5) is 0 Å². The second kappa shape index (κ2) is 6.53. The molecule has 2 fully saturated rings. The van der Waals surface area contributed by atoms with Crippen molar-refractivity contribution in [3.05, 3.63) is 30.1 Å². The van der Waals surface area contributed by atoms with E-state index in [1.807, 2.05) is 23.1 Å². The molecule has 3 heterocycles. The monoisotopic (exact) mass is 328 g/mol. The van der Waals surface area contributed by atoms with E-state index in [9.17, 15) is 4.79 Å². The number of ether oxygens (including phenoxy) is 1. The van der Waals surface area contributed by atoms with E-state index in [0.29, 0.717) is 31.4 Å². The molecule has 1 amide bonds. The number of likely N-dealkylation sites (tertiary alicyclic amines) is 2. The average molecular weight is 328 g/mol. The molecule has 0 unspecified atom stereocenters. The number of para-hydroxylation sites is 2. The van der Waals surface area contributed by atoms with Crippen LogP contribution in [0.15, 0.2) is 24.3 Å². The van der Waals surface area contributed by atoms with Crippen LogP contribution in [-0.4, -0.2) is 72.1 Å². The number of methoxy groups -OCH3 is 1. The molecule has 0 spiro atoms. The first-order valence-corrected chi connectivity index (χ1v) is 8.66. The summed E-state index contributed by atoms with van der Waals surface area (Å²) in [7, 11) is 1.68. The number of carbonyl (C=O) groups is 1. The molecule has 1 N–H and O–H groups in total. The van der Waals surface area contributed by atoms with Gasteiger partial charge in [0.2, 0.25) is 5.91 Å². The van der Waals surface area contributed by atoms with Crippen molar-refractivity contribution in [2.75, 3.05) is 46.4 Å². The first-order valence-electron chi connectivity index (χ1n) is 8.66. The van der Waals surface area contributed by atoms with Gasteiger partial charge in [-0.3, -0.25) is 4.79 Å². The van der Waals surface area contributed by atoms with Gasteiger partial charge in [0.25, 0.3) is 0 Å². The Labute approximate surface area is 141 Å². The van der Waals surface area contributed by atoms with Gasteiger partial charge in [0.05, 0.1) is 17.6 Å². The van der Waals surface area contributed by atoms with Crippen LogP contribution in [0.2, 0.25) is 0 Å². The van der Waals surface area contributed by atoms with Crippen molar-refractivity contribution in [3.8, 4) is 0 Å². The molecule has 128 valence electrons. The summed E-state index contributed by atoms with van der Waals surface area (Å²) in [6, 6.07) is 8.17. The Morgan fingerprint density at radius 3 is 2.92 bits per heavy atom. The van der Waals surface area contributed by atoms with Crippen LogP contribution >= 0.6 is 0 Å². The summed E-state index contributed by atoms with van der Waals surface area (Å²) in [4.78, 5) is 24.5. The molecule has 1 atom stereocenters. The van der Waals surface area contributed by atoms with E-state index in [0.717, 1.165) is 43.0 Å². The number of aromatic nitrogens is 2. The number of H-pyrrole nitrogens is 1. The van der Waals surface area contributed by atoms with E-state index >= 15 is 0 Å². The van der Waals surface area contributed by atoms with Crippen molar-refractivity contribution in [2.24, 2.45) is 5.92 Å². The van der Waals surface area contributed by atoms with Crippen LogP contribution in [0.5, 0.6) is 0 Å². The largest absolute Gasteiger partial charge is 0.383 e.